The third-order valence-electron chi connectivity index (χ3n) is 8.75. The molecule has 1 amide bonds. The summed E-state index contributed by atoms with van der Waals surface area (Å²) in [6, 6.07) is 11.2. The van der Waals surface area contributed by atoms with Crippen molar-refractivity contribution in [2.75, 3.05) is 24.5 Å². The number of anilines is 1. The van der Waals surface area contributed by atoms with Crippen molar-refractivity contribution in [2.45, 2.75) is 58.7 Å². The summed E-state index contributed by atoms with van der Waals surface area (Å²) in [6.07, 6.45) is 3.62. The van der Waals surface area contributed by atoms with E-state index < -0.39 is 6.17 Å². The maximum Gasteiger partial charge on any atom is 0.245 e. The van der Waals surface area contributed by atoms with Crippen LogP contribution in [0.25, 0.3) is 22.0 Å². The zero-order chi connectivity index (χ0) is 26.8. The normalized spacial score (nSPS) is 22.3. The van der Waals surface area contributed by atoms with Gasteiger partial charge in [0.05, 0.1) is 17.4 Å². The van der Waals surface area contributed by atoms with Gasteiger partial charge in [-0.1, -0.05) is 44.7 Å². The molecule has 3 heterocycles. The third-order valence-corrected chi connectivity index (χ3v) is 8.75. The summed E-state index contributed by atoms with van der Waals surface area (Å²) in [5, 5.41) is 12.6. The first-order chi connectivity index (χ1) is 18.1. The Bertz CT molecular complexity index is 1440. The van der Waals surface area contributed by atoms with Crippen LogP contribution in [0.4, 0.5) is 10.3 Å². The standard InChI is InChI=1S/C31H35FN4O2/c1-5-27(38)35-16-31(17-35)15-26(19(2)32)36(18-31)29-33-25-14-30(3,4)11-10-23(25)28(34-29)24-13-21(37)12-20-8-6-7-9-22(20)24/h5-9,12-13,19,26,37H,1,10-11,14-18H2,2-4H3/t19?,26-/m1/s1. The van der Waals surface area contributed by atoms with Gasteiger partial charge in [0.25, 0.3) is 0 Å². The monoisotopic (exact) mass is 514 g/mol. The molecule has 7 heteroatoms. The molecule has 3 aromatic rings. The Morgan fingerprint density at radius 2 is 1.97 bits per heavy atom. The molecule has 3 aliphatic rings. The minimum Gasteiger partial charge on any atom is -0.508 e. The van der Waals surface area contributed by atoms with Crippen LogP contribution in [-0.4, -0.2) is 57.7 Å². The number of phenols is 1. The predicted molar refractivity (Wildman–Crippen MR) is 148 cm³/mol. The summed E-state index contributed by atoms with van der Waals surface area (Å²) in [7, 11) is 0. The Balaban J connectivity index is 1.48. The lowest BCUT2D eigenvalue weighted by Gasteiger charge is -2.47. The summed E-state index contributed by atoms with van der Waals surface area (Å²) in [5.41, 5.74) is 3.78. The van der Waals surface area contributed by atoms with Crippen LogP contribution >= 0.6 is 0 Å². The van der Waals surface area contributed by atoms with Gasteiger partial charge in [0.1, 0.15) is 11.9 Å². The fourth-order valence-corrected chi connectivity index (χ4v) is 6.78. The van der Waals surface area contributed by atoms with Crippen molar-refractivity contribution in [3.63, 3.8) is 0 Å². The van der Waals surface area contributed by atoms with Gasteiger partial charge in [-0.05, 0) is 67.0 Å². The Labute approximate surface area is 223 Å². The molecule has 198 valence electrons. The first kappa shape index (κ1) is 24.8. The lowest BCUT2D eigenvalue weighted by atomic mass is 9.75. The van der Waals surface area contributed by atoms with E-state index in [1.54, 1.807) is 24.0 Å². The fraction of sp³-hybridized carbons (Fsp3) is 0.452. The lowest BCUT2D eigenvalue weighted by molar-refractivity contribution is -0.136. The van der Waals surface area contributed by atoms with E-state index in [0.717, 1.165) is 52.5 Å². The summed E-state index contributed by atoms with van der Waals surface area (Å²) in [6.45, 7) is 11.5. The topological polar surface area (TPSA) is 69.6 Å². The molecule has 2 atom stereocenters. The highest BCUT2D eigenvalue weighted by Crippen LogP contribution is 2.47. The van der Waals surface area contributed by atoms with Crippen LogP contribution in [0.3, 0.4) is 0 Å². The zero-order valence-electron chi connectivity index (χ0n) is 22.4. The van der Waals surface area contributed by atoms with Crippen LogP contribution in [0.1, 0.15) is 44.9 Å². The highest BCUT2D eigenvalue weighted by atomic mass is 19.1. The average molecular weight is 515 g/mol. The number of alkyl halides is 1. The number of halogens is 1. The molecule has 6 nitrogen and oxygen atoms in total. The van der Waals surface area contributed by atoms with E-state index in [4.69, 9.17) is 9.97 Å². The van der Waals surface area contributed by atoms with Crippen molar-refractivity contribution >= 4 is 22.6 Å². The molecule has 0 bridgehead atoms. The number of fused-ring (bicyclic) bond motifs is 2. The van der Waals surface area contributed by atoms with Crippen molar-refractivity contribution in [1.82, 2.24) is 14.9 Å². The highest BCUT2D eigenvalue weighted by Gasteiger charge is 2.54. The van der Waals surface area contributed by atoms with Gasteiger partial charge >= 0.3 is 0 Å². The Kier molecular flexibility index (Phi) is 5.74. The molecule has 1 unspecified atom stereocenters. The van der Waals surface area contributed by atoms with Gasteiger partial charge in [0.2, 0.25) is 11.9 Å². The number of benzene rings is 2. The molecule has 1 aromatic heterocycles. The molecule has 0 radical (unpaired) electrons. The van der Waals surface area contributed by atoms with Gasteiger partial charge < -0.3 is 14.9 Å². The van der Waals surface area contributed by atoms with E-state index in [1.807, 2.05) is 23.1 Å². The Hall–Kier alpha value is -3.48. The average Bonchev–Trinajstić information content (AvgIpc) is 3.27. The highest BCUT2D eigenvalue weighted by molar-refractivity contribution is 5.98. The number of aromatic nitrogens is 2. The van der Waals surface area contributed by atoms with Crippen LogP contribution in [-0.2, 0) is 17.6 Å². The number of phenolic OH excluding ortho intramolecular Hbond substituents is 1. The molecular weight excluding hydrogens is 479 g/mol. The second-order valence-corrected chi connectivity index (χ2v) is 12.3. The minimum absolute atomic E-state index is 0.0794. The van der Waals surface area contributed by atoms with Gasteiger partial charge in [0.15, 0.2) is 0 Å². The van der Waals surface area contributed by atoms with Crippen molar-refractivity contribution in [3.05, 3.63) is 60.3 Å². The molecular formula is C31H35FN4O2. The van der Waals surface area contributed by atoms with Crippen molar-refractivity contribution in [2.24, 2.45) is 10.8 Å². The summed E-state index contributed by atoms with van der Waals surface area (Å²) in [4.78, 5) is 26.2. The number of carbonyl (C=O) groups excluding carboxylic acids is 1. The van der Waals surface area contributed by atoms with Crippen LogP contribution in [0.2, 0.25) is 0 Å². The van der Waals surface area contributed by atoms with Crippen molar-refractivity contribution in [3.8, 4) is 17.0 Å². The number of rotatable bonds is 4. The van der Waals surface area contributed by atoms with Gasteiger partial charge in [-0.15, -0.1) is 0 Å². The Morgan fingerprint density at radius 3 is 2.71 bits per heavy atom. The predicted octanol–water partition coefficient (Wildman–Crippen LogP) is 5.47. The smallest absolute Gasteiger partial charge is 0.245 e. The first-order valence-corrected chi connectivity index (χ1v) is 13.5. The number of hydrogen-bond acceptors (Lipinski definition) is 5. The second kappa shape index (κ2) is 8.79. The van der Waals surface area contributed by atoms with Gasteiger partial charge in [0, 0.05) is 36.2 Å². The van der Waals surface area contributed by atoms with Crippen LogP contribution in [0.5, 0.6) is 5.75 Å². The molecule has 1 N–H and O–H groups in total. The van der Waals surface area contributed by atoms with Crippen LogP contribution in [0, 0.1) is 10.8 Å². The second-order valence-electron chi connectivity index (χ2n) is 12.3. The van der Waals surface area contributed by atoms with E-state index in [1.165, 1.54) is 6.08 Å². The fourth-order valence-electron chi connectivity index (χ4n) is 6.78. The molecule has 0 saturated carbocycles. The molecule has 6 rings (SSSR count). The number of aromatic hydroxyl groups is 1. The van der Waals surface area contributed by atoms with E-state index >= 15 is 4.39 Å². The number of likely N-dealkylation sites (tertiary alicyclic amines) is 1. The van der Waals surface area contributed by atoms with E-state index in [0.29, 0.717) is 32.0 Å². The van der Waals surface area contributed by atoms with Crippen LogP contribution < -0.4 is 4.90 Å². The molecule has 2 aromatic carbocycles. The van der Waals surface area contributed by atoms with Gasteiger partial charge in [-0.3, -0.25) is 4.79 Å². The van der Waals surface area contributed by atoms with Gasteiger partial charge in [-0.25, -0.2) is 14.4 Å². The quantitative estimate of drug-likeness (QED) is 0.468. The Morgan fingerprint density at radius 1 is 1.21 bits per heavy atom. The molecule has 2 saturated heterocycles. The number of carbonyl (C=O) groups is 1. The molecule has 2 fully saturated rings. The van der Waals surface area contributed by atoms with E-state index in [-0.39, 0.29) is 28.5 Å². The number of nitrogens with zero attached hydrogens (tertiary/aromatic N) is 4. The van der Waals surface area contributed by atoms with Crippen molar-refractivity contribution < 1.29 is 14.3 Å². The summed E-state index contributed by atoms with van der Waals surface area (Å²) < 4.78 is 15.1. The van der Waals surface area contributed by atoms with E-state index in [9.17, 15) is 9.90 Å². The number of hydrogen-bond donors (Lipinski definition) is 1. The van der Waals surface area contributed by atoms with Crippen molar-refractivity contribution in [1.29, 1.82) is 0 Å². The maximum atomic E-state index is 15.1. The molecule has 2 aliphatic heterocycles. The van der Waals surface area contributed by atoms with Gasteiger partial charge in [-0.2, -0.15) is 0 Å². The largest absolute Gasteiger partial charge is 0.508 e. The zero-order valence-corrected chi connectivity index (χ0v) is 22.4. The maximum absolute atomic E-state index is 15.1. The summed E-state index contributed by atoms with van der Waals surface area (Å²) in [5.74, 6) is 0.661. The SMILES string of the molecule is C=CC(=O)N1CC2(C[C@H](C(C)F)N(c3nc4c(c(-c5cc(O)cc6ccccc56)n3)CCC(C)(C)C4)C2)C1. The molecule has 38 heavy (non-hydrogen) atoms. The molecule has 1 aliphatic carbocycles. The first-order valence-electron chi connectivity index (χ1n) is 13.5. The minimum atomic E-state index is -1.07. The molecule has 1 spiro atoms. The van der Waals surface area contributed by atoms with Crippen LogP contribution in [0.15, 0.2) is 49.1 Å². The number of amides is 1. The lowest BCUT2D eigenvalue weighted by Crippen LogP contribution is -2.59. The van der Waals surface area contributed by atoms with E-state index in [2.05, 4.69) is 26.5 Å². The third kappa shape index (κ3) is 4.12. The summed E-state index contributed by atoms with van der Waals surface area (Å²) >= 11 is 0.